The molecule has 3 N–H and O–H groups in total. The third-order valence-electron chi connectivity index (χ3n) is 3.88. The molecule has 1 heterocycles. The van der Waals surface area contributed by atoms with Crippen molar-refractivity contribution in [3.63, 3.8) is 0 Å². The average Bonchev–Trinajstić information content (AvgIpc) is 2.81. The van der Waals surface area contributed by atoms with E-state index in [-0.39, 0.29) is 18.4 Å². The van der Waals surface area contributed by atoms with E-state index in [4.69, 9.17) is 10.8 Å². The zero-order valence-electron chi connectivity index (χ0n) is 11.6. The fourth-order valence-corrected chi connectivity index (χ4v) is 2.73. The quantitative estimate of drug-likeness (QED) is 0.858. The second-order valence-corrected chi connectivity index (χ2v) is 5.33. The van der Waals surface area contributed by atoms with Crippen molar-refractivity contribution in [2.24, 2.45) is 17.6 Å². The Hall–Kier alpha value is -1.88. The molecule has 0 bridgehead atoms. The van der Waals surface area contributed by atoms with Crippen LogP contribution in [0.4, 0.5) is 0 Å². The molecule has 1 saturated heterocycles. The van der Waals surface area contributed by atoms with E-state index in [2.05, 4.69) is 0 Å². The molecule has 2 rings (SSSR count). The van der Waals surface area contributed by atoms with Crippen molar-refractivity contribution < 1.29 is 14.7 Å². The van der Waals surface area contributed by atoms with Crippen molar-refractivity contribution in [2.75, 3.05) is 19.6 Å². The number of likely N-dealkylation sites (tertiary alicyclic amines) is 1. The van der Waals surface area contributed by atoms with Gasteiger partial charge in [0.25, 0.3) is 5.91 Å². The van der Waals surface area contributed by atoms with Gasteiger partial charge in [0.05, 0.1) is 5.92 Å². The molecule has 2 unspecified atom stereocenters. The number of hydrogen-bond donors (Lipinski definition) is 2. The lowest BCUT2D eigenvalue weighted by Gasteiger charge is -2.18. The molecule has 0 saturated carbocycles. The summed E-state index contributed by atoms with van der Waals surface area (Å²) in [6.45, 7) is 3.13. The van der Waals surface area contributed by atoms with Gasteiger partial charge in [-0.05, 0) is 30.5 Å². The van der Waals surface area contributed by atoms with Crippen LogP contribution >= 0.6 is 0 Å². The van der Waals surface area contributed by atoms with Crippen molar-refractivity contribution in [2.45, 2.75) is 13.3 Å². The van der Waals surface area contributed by atoms with Crippen molar-refractivity contribution in [1.82, 2.24) is 4.90 Å². The van der Waals surface area contributed by atoms with Crippen molar-refractivity contribution in [3.8, 4) is 0 Å². The molecular formula is C15H20N2O3. The predicted octanol–water partition coefficient (Wildman–Crippen LogP) is 0.980. The van der Waals surface area contributed by atoms with Gasteiger partial charge in [0, 0.05) is 18.7 Å². The molecule has 0 aliphatic carbocycles. The zero-order chi connectivity index (χ0) is 14.7. The van der Waals surface area contributed by atoms with Crippen LogP contribution in [-0.4, -0.2) is 41.5 Å². The van der Waals surface area contributed by atoms with E-state index in [0.717, 1.165) is 5.56 Å². The van der Waals surface area contributed by atoms with E-state index in [0.29, 0.717) is 25.1 Å². The molecule has 0 aromatic heterocycles. The summed E-state index contributed by atoms with van der Waals surface area (Å²) < 4.78 is 0. The molecule has 1 aromatic rings. The molecule has 1 aromatic carbocycles. The highest BCUT2D eigenvalue weighted by Crippen LogP contribution is 2.25. The third kappa shape index (κ3) is 2.82. The van der Waals surface area contributed by atoms with Gasteiger partial charge in [0.2, 0.25) is 0 Å². The summed E-state index contributed by atoms with van der Waals surface area (Å²) in [6, 6.07) is 7.39. The number of rotatable bonds is 4. The minimum absolute atomic E-state index is 0.0156. The first-order chi connectivity index (χ1) is 9.54. The van der Waals surface area contributed by atoms with Gasteiger partial charge in [-0.3, -0.25) is 9.59 Å². The van der Waals surface area contributed by atoms with Gasteiger partial charge in [-0.15, -0.1) is 0 Å². The lowest BCUT2D eigenvalue weighted by atomic mass is 9.99. The SMILES string of the molecule is CC1CN(C(=O)c2ccccc2CCN)CC1C(=O)O. The number of carbonyl (C=O) groups excluding carboxylic acids is 1. The third-order valence-corrected chi connectivity index (χ3v) is 3.88. The lowest BCUT2D eigenvalue weighted by Crippen LogP contribution is -2.30. The zero-order valence-corrected chi connectivity index (χ0v) is 11.6. The van der Waals surface area contributed by atoms with E-state index >= 15 is 0 Å². The van der Waals surface area contributed by atoms with Crippen LogP contribution in [0.2, 0.25) is 0 Å². The summed E-state index contributed by atoms with van der Waals surface area (Å²) >= 11 is 0. The first-order valence-corrected chi connectivity index (χ1v) is 6.84. The van der Waals surface area contributed by atoms with Crippen LogP contribution in [0.5, 0.6) is 0 Å². The molecule has 1 fully saturated rings. The average molecular weight is 276 g/mol. The van der Waals surface area contributed by atoms with Crippen molar-refractivity contribution in [1.29, 1.82) is 0 Å². The first kappa shape index (κ1) is 14.5. The summed E-state index contributed by atoms with van der Waals surface area (Å²) in [6.07, 6.45) is 0.646. The fraction of sp³-hybridized carbons (Fsp3) is 0.467. The normalized spacial score (nSPS) is 22.0. The number of nitrogens with zero attached hydrogens (tertiary/aromatic N) is 1. The van der Waals surface area contributed by atoms with Crippen LogP contribution < -0.4 is 5.73 Å². The number of benzene rings is 1. The van der Waals surface area contributed by atoms with Crippen molar-refractivity contribution in [3.05, 3.63) is 35.4 Å². The largest absolute Gasteiger partial charge is 0.481 e. The number of hydrogen-bond acceptors (Lipinski definition) is 3. The van der Waals surface area contributed by atoms with E-state index in [9.17, 15) is 9.59 Å². The van der Waals surface area contributed by atoms with Gasteiger partial charge in [0.15, 0.2) is 0 Å². The molecular weight excluding hydrogens is 256 g/mol. The van der Waals surface area contributed by atoms with Crippen LogP contribution in [0.3, 0.4) is 0 Å². The molecule has 2 atom stereocenters. The second-order valence-electron chi connectivity index (χ2n) is 5.33. The van der Waals surface area contributed by atoms with Gasteiger partial charge < -0.3 is 15.7 Å². The summed E-state index contributed by atoms with van der Waals surface area (Å²) in [5, 5.41) is 9.14. The molecule has 5 heteroatoms. The topological polar surface area (TPSA) is 83.6 Å². The highest BCUT2D eigenvalue weighted by atomic mass is 16.4. The molecule has 5 nitrogen and oxygen atoms in total. The number of nitrogens with two attached hydrogens (primary N) is 1. The first-order valence-electron chi connectivity index (χ1n) is 6.84. The van der Waals surface area contributed by atoms with Gasteiger partial charge in [0.1, 0.15) is 0 Å². The Labute approximate surface area is 118 Å². The van der Waals surface area contributed by atoms with E-state index in [1.807, 2.05) is 25.1 Å². The smallest absolute Gasteiger partial charge is 0.308 e. The van der Waals surface area contributed by atoms with Crippen LogP contribution in [0.25, 0.3) is 0 Å². The molecule has 1 aliphatic heterocycles. The van der Waals surface area contributed by atoms with Crippen LogP contribution in [-0.2, 0) is 11.2 Å². The monoisotopic (exact) mass is 276 g/mol. The fourth-order valence-electron chi connectivity index (χ4n) is 2.73. The van der Waals surface area contributed by atoms with E-state index < -0.39 is 11.9 Å². The Morgan fingerprint density at radius 1 is 1.35 bits per heavy atom. The molecule has 108 valence electrons. The molecule has 1 amide bonds. The minimum atomic E-state index is -0.831. The van der Waals surface area contributed by atoms with Crippen LogP contribution in [0, 0.1) is 11.8 Å². The number of aliphatic carboxylic acids is 1. The Balaban J connectivity index is 2.19. The van der Waals surface area contributed by atoms with Gasteiger partial charge in [-0.25, -0.2) is 0 Å². The maximum absolute atomic E-state index is 12.5. The summed E-state index contributed by atoms with van der Waals surface area (Å²) in [4.78, 5) is 25.3. The lowest BCUT2D eigenvalue weighted by molar-refractivity contribution is -0.142. The minimum Gasteiger partial charge on any atom is -0.481 e. The number of carboxylic acids is 1. The Kier molecular flexibility index (Phi) is 4.39. The van der Waals surface area contributed by atoms with Crippen LogP contribution in [0.15, 0.2) is 24.3 Å². The maximum Gasteiger partial charge on any atom is 0.308 e. The number of carboxylic acid groups (broad SMARTS) is 1. The van der Waals surface area contributed by atoms with E-state index in [1.165, 1.54) is 0 Å². The Morgan fingerprint density at radius 2 is 2.05 bits per heavy atom. The predicted molar refractivity (Wildman–Crippen MR) is 75.4 cm³/mol. The Bertz CT molecular complexity index is 516. The van der Waals surface area contributed by atoms with Gasteiger partial charge >= 0.3 is 5.97 Å². The Morgan fingerprint density at radius 3 is 2.65 bits per heavy atom. The highest BCUT2D eigenvalue weighted by molar-refractivity contribution is 5.96. The number of amides is 1. The molecule has 0 spiro atoms. The van der Waals surface area contributed by atoms with Gasteiger partial charge in [-0.2, -0.15) is 0 Å². The number of carbonyl (C=O) groups is 2. The summed E-state index contributed by atoms with van der Waals surface area (Å²) in [5.41, 5.74) is 7.12. The summed E-state index contributed by atoms with van der Waals surface area (Å²) in [7, 11) is 0. The molecule has 20 heavy (non-hydrogen) atoms. The van der Waals surface area contributed by atoms with E-state index in [1.54, 1.807) is 11.0 Å². The highest BCUT2D eigenvalue weighted by Gasteiger charge is 2.37. The van der Waals surface area contributed by atoms with Crippen LogP contribution in [0.1, 0.15) is 22.8 Å². The maximum atomic E-state index is 12.5. The molecule has 1 aliphatic rings. The van der Waals surface area contributed by atoms with Gasteiger partial charge in [-0.1, -0.05) is 25.1 Å². The second kappa shape index (κ2) is 6.05. The summed E-state index contributed by atoms with van der Waals surface area (Å²) in [5.74, 6) is -1.41. The van der Waals surface area contributed by atoms with Crippen molar-refractivity contribution >= 4 is 11.9 Å². The molecule has 0 radical (unpaired) electrons. The standard InChI is InChI=1S/C15H20N2O3/c1-10-8-17(9-13(10)15(19)20)14(18)12-5-3-2-4-11(12)6-7-16/h2-5,10,13H,6-9,16H2,1H3,(H,19,20).